The van der Waals surface area contributed by atoms with Crippen LogP contribution in [-0.2, 0) is 19.2 Å². The molecule has 4 N–H and O–H groups in total. The minimum Gasteiger partial charge on any atom is -0.346 e. The summed E-state index contributed by atoms with van der Waals surface area (Å²) in [6.45, 7) is 10.3. The highest BCUT2D eigenvalue weighted by atomic mass is 16.2. The lowest BCUT2D eigenvalue weighted by atomic mass is 9.70. The molecule has 0 aromatic rings. The van der Waals surface area contributed by atoms with Crippen LogP contribution in [-0.4, -0.2) is 71.2 Å². The Balaban J connectivity index is 1.78. The number of likely N-dealkylation sites (tertiary alicyclic amines) is 1. The van der Waals surface area contributed by atoms with Gasteiger partial charge in [0.1, 0.15) is 12.1 Å². The highest BCUT2D eigenvalue weighted by Crippen LogP contribution is 2.40. The van der Waals surface area contributed by atoms with Crippen LogP contribution in [0.3, 0.4) is 0 Å². The Labute approximate surface area is 257 Å². The van der Waals surface area contributed by atoms with E-state index in [0.717, 1.165) is 70.6 Å². The monoisotopic (exact) mass is 601 g/mol. The van der Waals surface area contributed by atoms with E-state index in [2.05, 4.69) is 41.7 Å². The molecule has 0 spiro atoms. The van der Waals surface area contributed by atoms with Gasteiger partial charge in [-0.05, 0) is 56.8 Å². The zero-order valence-corrected chi connectivity index (χ0v) is 26.7. The first-order valence-electron chi connectivity index (χ1n) is 16.7. The molecule has 10 heteroatoms. The molecule has 3 rings (SSSR count). The Morgan fingerprint density at radius 2 is 1.58 bits per heavy atom. The van der Waals surface area contributed by atoms with Crippen molar-refractivity contribution in [2.24, 2.45) is 5.41 Å². The Bertz CT molecular complexity index is 1000. The van der Waals surface area contributed by atoms with Gasteiger partial charge in [0, 0.05) is 18.6 Å². The summed E-state index contributed by atoms with van der Waals surface area (Å²) in [5.41, 5.74) is -0.678. The molecule has 0 bridgehead atoms. The average Bonchev–Trinajstić information content (AvgIpc) is 3.51. The highest BCUT2D eigenvalue weighted by molar-refractivity contribution is 6.38. The number of nitrogens with zero attached hydrogens (tertiary/aromatic N) is 1. The number of carbonyl (C=O) groups excluding carboxylic acids is 5. The van der Waals surface area contributed by atoms with Crippen LogP contribution in [0.2, 0.25) is 0 Å². The zero-order chi connectivity index (χ0) is 31.5. The molecule has 5 amide bonds. The van der Waals surface area contributed by atoms with E-state index in [1.165, 1.54) is 12.5 Å². The lowest BCUT2D eigenvalue weighted by molar-refractivity contribution is -0.144. The predicted molar refractivity (Wildman–Crippen MR) is 167 cm³/mol. The molecule has 2 saturated carbocycles. The second-order valence-electron chi connectivity index (χ2n) is 13.2. The summed E-state index contributed by atoms with van der Waals surface area (Å²) >= 11 is 0. The molecule has 3 atom stereocenters. The first kappa shape index (κ1) is 34.6. The third kappa shape index (κ3) is 9.05. The number of hydrogen-bond donors (Lipinski definition) is 4. The summed E-state index contributed by atoms with van der Waals surface area (Å²) in [6.07, 6.45) is 15.2. The molecule has 1 unspecified atom stereocenters. The fourth-order valence-electron chi connectivity index (χ4n) is 7.21. The van der Waals surface area contributed by atoms with Crippen LogP contribution in [0.15, 0.2) is 12.7 Å². The van der Waals surface area contributed by atoms with E-state index < -0.39 is 41.1 Å². The van der Waals surface area contributed by atoms with Crippen LogP contribution < -0.4 is 21.3 Å². The van der Waals surface area contributed by atoms with Crippen molar-refractivity contribution in [2.75, 3.05) is 13.1 Å². The summed E-state index contributed by atoms with van der Waals surface area (Å²) in [4.78, 5) is 68.4. The van der Waals surface area contributed by atoms with Gasteiger partial charge >= 0.3 is 6.03 Å². The molecular weight excluding hydrogens is 546 g/mol. The topological polar surface area (TPSA) is 137 Å². The summed E-state index contributed by atoms with van der Waals surface area (Å²) in [7, 11) is 0. The number of nitrogens with one attached hydrogen (secondary N) is 4. The molecule has 3 fully saturated rings. The van der Waals surface area contributed by atoms with E-state index >= 15 is 0 Å². The largest absolute Gasteiger partial charge is 0.346 e. The first-order valence-corrected chi connectivity index (χ1v) is 16.7. The summed E-state index contributed by atoms with van der Waals surface area (Å²) < 4.78 is 0. The summed E-state index contributed by atoms with van der Waals surface area (Å²) in [6, 6.07) is -2.81. The van der Waals surface area contributed by atoms with Crippen molar-refractivity contribution >= 4 is 29.5 Å². The van der Waals surface area contributed by atoms with Gasteiger partial charge in [0.2, 0.25) is 17.6 Å². The van der Waals surface area contributed by atoms with Crippen molar-refractivity contribution in [3.63, 3.8) is 0 Å². The number of rotatable bonds is 14. The maximum absolute atomic E-state index is 14.3. The number of amides is 5. The van der Waals surface area contributed by atoms with E-state index in [4.69, 9.17) is 0 Å². The number of ketones is 1. The average molecular weight is 602 g/mol. The normalized spacial score (nSPS) is 22.5. The van der Waals surface area contributed by atoms with Crippen LogP contribution in [0.4, 0.5) is 4.79 Å². The van der Waals surface area contributed by atoms with Gasteiger partial charge < -0.3 is 26.2 Å². The third-order valence-corrected chi connectivity index (χ3v) is 10.0. The minimum atomic E-state index is -0.967. The maximum Gasteiger partial charge on any atom is 0.315 e. The molecule has 0 aromatic carbocycles. The zero-order valence-electron chi connectivity index (χ0n) is 26.7. The molecule has 10 nitrogen and oxygen atoms in total. The number of Topliss-reactive ketones (excluding diaryl/α,β-unsaturated/α-hetero) is 1. The fraction of sp³-hybridized carbons (Fsp3) is 0.788. The quantitative estimate of drug-likeness (QED) is 0.174. The molecule has 2 aliphatic carbocycles. The Hall–Kier alpha value is -2.91. The Morgan fingerprint density at radius 3 is 2.19 bits per heavy atom. The second kappa shape index (κ2) is 16.2. The Morgan fingerprint density at radius 1 is 0.930 bits per heavy atom. The smallest absolute Gasteiger partial charge is 0.315 e. The van der Waals surface area contributed by atoms with Gasteiger partial charge in [0.05, 0.1) is 6.04 Å². The standard InChI is InChI=1S/C33H55N5O5/c1-5-8-16-24(26(39)29(41)34-22-6-2)35-28(40)25-17-15-23-38(25)30(42)27(32(4)18-11-9-12-19-32)36-31(43)37-33(7-3)20-13-10-14-21-33/h6,24-25,27H,2,5,7-23H2,1,3-4H3,(H,34,41)(H,35,40)(H2,36,37,43)/t24?,25-,27+/m0/s1. The molecule has 1 aliphatic heterocycles. The van der Waals surface area contributed by atoms with Crippen molar-refractivity contribution in [1.82, 2.24) is 26.2 Å². The SMILES string of the molecule is C=CCNC(=O)C(=O)C(CCCC)NC(=O)[C@@H]1CCCN1C(=O)[C@@H](NC(=O)NC1(CC)CCCCC1)C1(C)CCCCC1. The van der Waals surface area contributed by atoms with Crippen LogP contribution in [0.1, 0.15) is 124 Å². The van der Waals surface area contributed by atoms with Gasteiger partial charge in [-0.1, -0.05) is 78.2 Å². The van der Waals surface area contributed by atoms with Gasteiger partial charge in [0.15, 0.2) is 0 Å². The number of hydrogen-bond acceptors (Lipinski definition) is 5. The molecule has 1 heterocycles. The number of unbranched alkanes of at least 4 members (excludes halogenated alkanes) is 1. The van der Waals surface area contributed by atoms with E-state index in [0.29, 0.717) is 32.2 Å². The summed E-state index contributed by atoms with van der Waals surface area (Å²) in [5, 5.41) is 11.7. The van der Waals surface area contributed by atoms with E-state index in [1.807, 2.05) is 6.92 Å². The van der Waals surface area contributed by atoms with Crippen molar-refractivity contribution in [2.45, 2.75) is 147 Å². The molecule has 43 heavy (non-hydrogen) atoms. The van der Waals surface area contributed by atoms with Gasteiger partial charge in [-0.3, -0.25) is 19.2 Å². The molecule has 1 saturated heterocycles. The second-order valence-corrected chi connectivity index (χ2v) is 13.2. The predicted octanol–water partition coefficient (Wildman–Crippen LogP) is 4.27. The fourth-order valence-corrected chi connectivity index (χ4v) is 7.21. The van der Waals surface area contributed by atoms with Crippen molar-refractivity contribution < 1.29 is 24.0 Å². The van der Waals surface area contributed by atoms with Crippen molar-refractivity contribution in [3.8, 4) is 0 Å². The third-order valence-electron chi connectivity index (χ3n) is 10.0. The molecule has 3 aliphatic rings. The Kier molecular flexibility index (Phi) is 13.1. The number of carbonyl (C=O) groups is 5. The van der Waals surface area contributed by atoms with Crippen molar-refractivity contribution in [3.05, 3.63) is 12.7 Å². The van der Waals surface area contributed by atoms with Gasteiger partial charge in [-0.25, -0.2) is 4.79 Å². The van der Waals surface area contributed by atoms with E-state index in [1.54, 1.807) is 4.90 Å². The molecular formula is C33H55N5O5. The van der Waals surface area contributed by atoms with Crippen molar-refractivity contribution in [1.29, 1.82) is 0 Å². The lowest BCUT2D eigenvalue weighted by Crippen LogP contribution is -2.63. The van der Waals surface area contributed by atoms with Gasteiger partial charge in [0.25, 0.3) is 5.91 Å². The minimum absolute atomic E-state index is 0.157. The highest BCUT2D eigenvalue weighted by Gasteiger charge is 2.47. The molecule has 242 valence electrons. The van der Waals surface area contributed by atoms with E-state index in [-0.39, 0.29) is 24.0 Å². The first-order chi connectivity index (χ1) is 20.6. The molecule has 0 aromatic heterocycles. The summed E-state index contributed by atoms with van der Waals surface area (Å²) in [5.74, 6) is -2.13. The lowest BCUT2D eigenvalue weighted by Gasteiger charge is -2.43. The van der Waals surface area contributed by atoms with Crippen LogP contribution in [0.25, 0.3) is 0 Å². The van der Waals surface area contributed by atoms with E-state index in [9.17, 15) is 24.0 Å². The van der Waals surface area contributed by atoms with Gasteiger partial charge in [-0.2, -0.15) is 0 Å². The van der Waals surface area contributed by atoms with Crippen LogP contribution in [0, 0.1) is 5.41 Å². The van der Waals surface area contributed by atoms with Crippen LogP contribution >= 0.6 is 0 Å². The maximum atomic E-state index is 14.3. The van der Waals surface area contributed by atoms with Gasteiger partial charge in [-0.15, -0.1) is 6.58 Å². The van der Waals surface area contributed by atoms with Crippen LogP contribution in [0.5, 0.6) is 0 Å². The molecule has 0 radical (unpaired) electrons. The number of urea groups is 1.